The van der Waals surface area contributed by atoms with E-state index in [9.17, 15) is 19.5 Å². The number of ether oxygens (including phenoxy) is 1. The number of hydrogen-bond donors (Lipinski definition) is 3. The maximum atomic E-state index is 13.9. The minimum Gasteiger partial charge on any atom is -0.394 e. The number of aliphatic hydroxyl groups excluding tert-OH is 1. The van der Waals surface area contributed by atoms with E-state index >= 15 is 0 Å². The number of halogens is 1. The summed E-state index contributed by atoms with van der Waals surface area (Å²) in [5, 5.41) is 16.3. The van der Waals surface area contributed by atoms with Crippen LogP contribution in [-0.4, -0.2) is 57.6 Å². The first kappa shape index (κ1) is 24.7. The van der Waals surface area contributed by atoms with Gasteiger partial charge in [0.1, 0.15) is 11.6 Å². The summed E-state index contributed by atoms with van der Waals surface area (Å²) in [7, 11) is 0. The van der Waals surface area contributed by atoms with Crippen molar-refractivity contribution in [3.8, 4) is 0 Å². The van der Waals surface area contributed by atoms with Crippen LogP contribution in [-0.2, 0) is 25.7 Å². The normalized spacial score (nSPS) is 31.3. The number of fused-ring (bicyclic) bond motifs is 1. The van der Waals surface area contributed by atoms with Crippen LogP contribution in [0.15, 0.2) is 54.6 Å². The zero-order chi connectivity index (χ0) is 25.7. The first-order valence-electron chi connectivity index (χ1n) is 12.2. The Morgan fingerprint density at radius 2 is 1.83 bits per heavy atom. The predicted molar refractivity (Wildman–Crippen MR) is 134 cm³/mol. The summed E-state index contributed by atoms with van der Waals surface area (Å²) in [6.07, 6.45) is 1.02. The molecule has 36 heavy (non-hydrogen) atoms. The molecule has 2 bridgehead atoms. The number of nitrogens with one attached hydrogen (secondary N) is 2. The van der Waals surface area contributed by atoms with Gasteiger partial charge in [-0.3, -0.25) is 14.4 Å². The number of rotatable bonds is 7. The average molecular weight is 512 g/mol. The van der Waals surface area contributed by atoms with Gasteiger partial charge in [-0.25, -0.2) is 0 Å². The summed E-state index contributed by atoms with van der Waals surface area (Å²) in [6, 6.07) is 14.6. The number of amides is 3. The molecule has 3 saturated heterocycles. The second kappa shape index (κ2) is 9.18. The standard InChI is InChI=1S/C27H30ClN3O5/c1-16(15-32)31-22(24(34)30-19-10-8-18(28)9-11-19)27-13-12-26(2,36-27)20(21(27)25(31)35)23(33)29-14-17-6-4-3-5-7-17/h3-11,16,20-22,32H,12-15H2,1-2H3,(H,29,33)(H,30,34)/t16-,20+,21+,22?,26-,27?/m1/s1. The van der Waals surface area contributed by atoms with Gasteiger partial charge < -0.3 is 25.4 Å². The lowest BCUT2D eigenvalue weighted by Crippen LogP contribution is -2.55. The molecule has 6 atom stereocenters. The van der Waals surface area contributed by atoms with E-state index in [1.807, 2.05) is 37.3 Å². The van der Waals surface area contributed by atoms with Crippen molar-refractivity contribution in [1.29, 1.82) is 0 Å². The summed E-state index contributed by atoms with van der Waals surface area (Å²) >= 11 is 5.98. The van der Waals surface area contributed by atoms with Crippen LogP contribution in [0.3, 0.4) is 0 Å². The molecule has 3 fully saturated rings. The quantitative estimate of drug-likeness (QED) is 0.530. The van der Waals surface area contributed by atoms with Gasteiger partial charge in [0.15, 0.2) is 0 Å². The molecule has 9 heteroatoms. The highest BCUT2D eigenvalue weighted by Crippen LogP contribution is 2.63. The van der Waals surface area contributed by atoms with Gasteiger partial charge in [0.25, 0.3) is 0 Å². The number of nitrogens with zero attached hydrogens (tertiary/aromatic N) is 1. The predicted octanol–water partition coefficient (Wildman–Crippen LogP) is 2.74. The van der Waals surface area contributed by atoms with Gasteiger partial charge in [-0.15, -0.1) is 0 Å². The van der Waals surface area contributed by atoms with E-state index in [-0.39, 0.29) is 18.4 Å². The first-order chi connectivity index (χ1) is 17.2. The number of aliphatic hydroxyl groups is 1. The molecular formula is C27H30ClN3O5. The third kappa shape index (κ3) is 3.88. The van der Waals surface area contributed by atoms with E-state index in [4.69, 9.17) is 16.3 Å². The molecule has 3 amide bonds. The Balaban J connectivity index is 1.46. The van der Waals surface area contributed by atoms with Crippen molar-refractivity contribution in [3.63, 3.8) is 0 Å². The molecule has 0 radical (unpaired) electrons. The van der Waals surface area contributed by atoms with Crippen LogP contribution in [0.25, 0.3) is 0 Å². The highest BCUT2D eigenvalue weighted by atomic mass is 35.5. The van der Waals surface area contributed by atoms with Crippen molar-refractivity contribution < 1.29 is 24.2 Å². The van der Waals surface area contributed by atoms with Crippen LogP contribution >= 0.6 is 11.6 Å². The van der Waals surface area contributed by atoms with E-state index in [2.05, 4.69) is 10.6 Å². The Kier molecular flexibility index (Phi) is 6.31. The van der Waals surface area contributed by atoms with Gasteiger partial charge in [0, 0.05) is 17.3 Å². The number of benzene rings is 2. The van der Waals surface area contributed by atoms with Gasteiger partial charge in [-0.2, -0.15) is 0 Å². The van der Waals surface area contributed by atoms with Crippen molar-refractivity contribution in [1.82, 2.24) is 10.2 Å². The largest absolute Gasteiger partial charge is 0.394 e. The van der Waals surface area contributed by atoms with Crippen LogP contribution in [0.4, 0.5) is 5.69 Å². The minimum atomic E-state index is -1.15. The van der Waals surface area contributed by atoms with Gasteiger partial charge in [0.2, 0.25) is 17.7 Å². The van der Waals surface area contributed by atoms with Gasteiger partial charge >= 0.3 is 0 Å². The number of hydrogen-bond acceptors (Lipinski definition) is 5. The molecular weight excluding hydrogens is 482 g/mol. The maximum absolute atomic E-state index is 13.9. The smallest absolute Gasteiger partial charge is 0.250 e. The lowest BCUT2D eigenvalue weighted by molar-refractivity contribution is -0.147. The molecule has 5 rings (SSSR count). The van der Waals surface area contributed by atoms with Crippen molar-refractivity contribution in [2.75, 3.05) is 11.9 Å². The summed E-state index contributed by atoms with van der Waals surface area (Å²) in [5.74, 6) is -2.58. The molecule has 1 spiro atoms. The molecule has 3 aliphatic rings. The molecule has 3 aliphatic heterocycles. The fourth-order valence-electron chi connectivity index (χ4n) is 6.27. The Morgan fingerprint density at radius 3 is 2.50 bits per heavy atom. The van der Waals surface area contributed by atoms with E-state index in [0.29, 0.717) is 30.1 Å². The summed E-state index contributed by atoms with van der Waals surface area (Å²) in [5.41, 5.74) is -0.540. The summed E-state index contributed by atoms with van der Waals surface area (Å²) in [4.78, 5) is 42.5. The lowest BCUT2D eigenvalue weighted by atomic mass is 9.66. The van der Waals surface area contributed by atoms with Crippen molar-refractivity contribution in [2.45, 2.75) is 56.5 Å². The Hall–Kier alpha value is -2.94. The third-order valence-electron chi connectivity index (χ3n) is 7.91. The zero-order valence-corrected chi connectivity index (χ0v) is 21.0. The summed E-state index contributed by atoms with van der Waals surface area (Å²) < 4.78 is 6.56. The SMILES string of the molecule is C[C@H](CO)N1C(=O)[C@@H]2[C@@H](C(=O)NCc3ccccc3)[C@@]3(C)CCC2(O3)C1C(=O)Nc1ccc(Cl)cc1. The third-order valence-corrected chi connectivity index (χ3v) is 8.16. The molecule has 0 aliphatic carbocycles. The van der Waals surface area contributed by atoms with Crippen LogP contribution in [0.5, 0.6) is 0 Å². The monoisotopic (exact) mass is 511 g/mol. The topological polar surface area (TPSA) is 108 Å². The number of carbonyl (C=O) groups excluding carboxylic acids is 3. The van der Waals surface area contributed by atoms with Crippen LogP contribution in [0.2, 0.25) is 5.02 Å². The first-order valence-corrected chi connectivity index (χ1v) is 12.6. The van der Waals surface area contributed by atoms with Crippen LogP contribution in [0.1, 0.15) is 32.3 Å². The molecule has 8 nitrogen and oxygen atoms in total. The van der Waals surface area contributed by atoms with Crippen molar-refractivity contribution in [2.24, 2.45) is 11.8 Å². The fourth-order valence-corrected chi connectivity index (χ4v) is 6.39. The number of likely N-dealkylation sites (tertiary alicyclic amines) is 1. The second-order valence-corrected chi connectivity index (χ2v) is 10.6. The lowest BCUT2D eigenvalue weighted by Gasteiger charge is -2.35. The van der Waals surface area contributed by atoms with E-state index in [0.717, 1.165) is 5.56 Å². The minimum absolute atomic E-state index is 0.267. The highest BCUT2D eigenvalue weighted by Gasteiger charge is 2.78. The van der Waals surface area contributed by atoms with Crippen molar-refractivity contribution >= 4 is 35.0 Å². The Bertz CT molecular complexity index is 1180. The van der Waals surface area contributed by atoms with E-state index < -0.39 is 41.0 Å². The Morgan fingerprint density at radius 1 is 1.14 bits per heavy atom. The second-order valence-electron chi connectivity index (χ2n) is 10.2. The molecule has 2 aromatic rings. The average Bonchev–Trinajstić information content (AvgIpc) is 3.44. The molecule has 3 heterocycles. The molecule has 2 aromatic carbocycles. The Labute approximate surface area is 215 Å². The van der Waals surface area contributed by atoms with Crippen LogP contribution in [0, 0.1) is 11.8 Å². The zero-order valence-electron chi connectivity index (χ0n) is 20.2. The van der Waals surface area contributed by atoms with Crippen LogP contribution < -0.4 is 10.6 Å². The van der Waals surface area contributed by atoms with Crippen molar-refractivity contribution in [3.05, 3.63) is 65.2 Å². The fraction of sp³-hybridized carbons (Fsp3) is 0.444. The van der Waals surface area contributed by atoms with Gasteiger partial charge in [-0.1, -0.05) is 41.9 Å². The molecule has 0 aromatic heterocycles. The van der Waals surface area contributed by atoms with E-state index in [1.54, 1.807) is 31.2 Å². The molecule has 2 unspecified atom stereocenters. The number of anilines is 1. The maximum Gasteiger partial charge on any atom is 0.250 e. The van der Waals surface area contributed by atoms with E-state index in [1.165, 1.54) is 4.90 Å². The van der Waals surface area contributed by atoms with Gasteiger partial charge in [0.05, 0.1) is 30.1 Å². The molecule has 190 valence electrons. The van der Waals surface area contributed by atoms with Gasteiger partial charge in [-0.05, 0) is 56.5 Å². The molecule has 0 saturated carbocycles. The highest BCUT2D eigenvalue weighted by molar-refractivity contribution is 6.30. The number of carbonyl (C=O) groups is 3. The summed E-state index contributed by atoms with van der Waals surface area (Å²) in [6.45, 7) is 3.56. The molecule has 3 N–H and O–H groups in total.